The van der Waals surface area contributed by atoms with Crippen LogP contribution in [0.3, 0.4) is 0 Å². The van der Waals surface area contributed by atoms with Crippen LogP contribution in [0.15, 0.2) is 73.1 Å². The Kier molecular flexibility index (Phi) is 7.13. The number of pyridine rings is 1. The Morgan fingerprint density at radius 2 is 1.77 bits per heavy atom. The van der Waals surface area contributed by atoms with Gasteiger partial charge in [0, 0.05) is 60.9 Å². The van der Waals surface area contributed by atoms with Crippen LogP contribution in [0.2, 0.25) is 5.02 Å². The Morgan fingerprint density at radius 3 is 2.56 bits per heavy atom. The summed E-state index contributed by atoms with van der Waals surface area (Å²) in [6, 6.07) is 17.5. The van der Waals surface area contributed by atoms with E-state index in [1.807, 2.05) is 47.6 Å². The lowest BCUT2D eigenvalue weighted by atomic mass is 9.77. The molecule has 6 nitrogen and oxygen atoms in total. The van der Waals surface area contributed by atoms with Gasteiger partial charge in [-0.2, -0.15) is 0 Å². The fraction of sp³-hybridized carbons (Fsp3) is 0.344. The minimum Gasteiger partial charge on any atom is -0.371 e. The summed E-state index contributed by atoms with van der Waals surface area (Å²) in [6.07, 6.45) is 11.9. The van der Waals surface area contributed by atoms with Crippen molar-refractivity contribution in [2.24, 2.45) is 5.41 Å². The van der Waals surface area contributed by atoms with Gasteiger partial charge in [0.05, 0.1) is 6.04 Å². The predicted molar refractivity (Wildman–Crippen MR) is 155 cm³/mol. The van der Waals surface area contributed by atoms with Gasteiger partial charge in [-0.3, -0.25) is 14.6 Å². The van der Waals surface area contributed by atoms with E-state index in [1.54, 1.807) is 12.1 Å². The lowest BCUT2D eigenvalue weighted by molar-refractivity contribution is -0.117. The molecule has 1 aromatic heterocycles. The normalized spacial score (nSPS) is 20.0. The van der Waals surface area contributed by atoms with Crippen LogP contribution in [0.25, 0.3) is 6.08 Å². The van der Waals surface area contributed by atoms with Gasteiger partial charge >= 0.3 is 0 Å². The van der Waals surface area contributed by atoms with Crippen molar-refractivity contribution in [1.29, 1.82) is 0 Å². The summed E-state index contributed by atoms with van der Waals surface area (Å²) < 4.78 is 0. The first-order chi connectivity index (χ1) is 19.0. The third-order valence-electron chi connectivity index (χ3n) is 8.68. The van der Waals surface area contributed by atoms with Gasteiger partial charge in [0.1, 0.15) is 0 Å². The smallest absolute Gasteiger partial charge is 0.253 e. The molecule has 7 heteroatoms. The van der Waals surface area contributed by atoms with Gasteiger partial charge in [0.25, 0.3) is 5.91 Å². The first-order valence-electron chi connectivity index (χ1n) is 13.8. The summed E-state index contributed by atoms with van der Waals surface area (Å²) in [7, 11) is 0. The number of nitrogens with zero attached hydrogens (tertiary/aromatic N) is 3. The summed E-state index contributed by atoms with van der Waals surface area (Å²) in [5.74, 6) is -0.0737. The number of likely N-dealkylation sites (tertiary alicyclic amines) is 1. The highest BCUT2D eigenvalue weighted by Gasteiger charge is 2.41. The highest BCUT2D eigenvalue weighted by Crippen LogP contribution is 2.42. The largest absolute Gasteiger partial charge is 0.371 e. The van der Waals surface area contributed by atoms with E-state index in [9.17, 15) is 9.59 Å². The Balaban J connectivity index is 1.08. The summed E-state index contributed by atoms with van der Waals surface area (Å²) in [6.45, 7) is 3.67. The molecule has 1 spiro atoms. The van der Waals surface area contributed by atoms with E-state index in [2.05, 4.69) is 33.4 Å². The molecule has 1 atom stereocenters. The zero-order valence-electron chi connectivity index (χ0n) is 22.0. The lowest BCUT2D eigenvalue weighted by Crippen LogP contribution is -2.44. The standard InChI is InChI=1S/C32H33ClN4O2/c33-28-4-2-1-3-24(28)8-10-30(38)35-29-9-7-23-5-6-25(21-27(23)29)31(39)36-18-13-32(14-19-36)15-20-37(22-32)26-11-16-34-17-12-26/h1-6,8,10-12,16-17,21,29H,7,9,13-15,18-20,22H2,(H,35,38). The van der Waals surface area contributed by atoms with Crippen LogP contribution in [-0.2, 0) is 11.2 Å². The number of fused-ring (bicyclic) bond motifs is 1. The number of piperidine rings is 1. The molecule has 0 radical (unpaired) electrons. The average Bonchev–Trinajstić information content (AvgIpc) is 3.57. The van der Waals surface area contributed by atoms with Crippen LogP contribution >= 0.6 is 11.6 Å². The molecule has 1 unspecified atom stereocenters. The fourth-order valence-corrected chi connectivity index (χ4v) is 6.56. The van der Waals surface area contributed by atoms with Gasteiger partial charge in [0.15, 0.2) is 0 Å². The van der Waals surface area contributed by atoms with Crippen molar-refractivity contribution in [3.63, 3.8) is 0 Å². The zero-order chi connectivity index (χ0) is 26.8. The molecule has 1 aliphatic carbocycles. The highest BCUT2D eigenvalue weighted by atomic mass is 35.5. The summed E-state index contributed by atoms with van der Waals surface area (Å²) >= 11 is 6.20. The maximum absolute atomic E-state index is 13.5. The van der Waals surface area contributed by atoms with Crippen LogP contribution in [0.1, 0.15) is 58.8 Å². The molecule has 3 aliphatic rings. The van der Waals surface area contributed by atoms with Crippen molar-refractivity contribution >= 4 is 35.2 Å². The van der Waals surface area contributed by atoms with Gasteiger partial charge in [0.2, 0.25) is 5.91 Å². The molecule has 6 rings (SSSR count). The van der Waals surface area contributed by atoms with Crippen molar-refractivity contribution in [2.45, 2.75) is 38.1 Å². The molecular formula is C32H33ClN4O2. The van der Waals surface area contributed by atoms with Gasteiger partial charge in [-0.1, -0.05) is 35.9 Å². The number of anilines is 1. The Labute approximate surface area is 234 Å². The summed E-state index contributed by atoms with van der Waals surface area (Å²) in [4.78, 5) is 34.8. The quantitative estimate of drug-likeness (QED) is 0.423. The van der Waals surface area contributed by atoms with E-state index in [-0.39, 0.29) is 23.3 Å². The first kappa shape index (κ1) is 25.6. The van der Waals surface area contributed by atoms with Gasteiger partial charge in [-0.15, -0.1) is 0 Å². The Hall–Kier alpha value is -3.64. The molecular weight excluding hydrogens is 508 g/mol. The maximum Gasteiger partial charge on any atom is 0.253 e. The van der Waals surface area contributed by atoms with E-state index < -0.39 is 0 Å². The molecule has 2 aromatic carbocycles. The number of amides is 2. The second-order valence-corrected chi connectivity index (χ2v) is 11.4. The van der Waals surface area contributed by atoms with E-state index in [1.165, 1.54) is 23.7 Å². The van der Waals surface area contributed by atoms with Crippen LogP contribution in [0.5, 0.6) is 0 Å². The van der Waals surface area contributed by atoms with E-state index in [0.717, 1.165) is 63.0 Å². The topological polar surface area (TPSA) is 65.5 Å². The number of halogens is 1. The third kappa shape index (κ3) is 5.44. The van der Waals surface area contributed by atoms with Gasteiger partial charge in [-0.05, 0) is 90.6 Å². The third-order valence-corrected chi connectivity index (χ3v) is 9.03. The first-order valence-corrected chi connectivity index (χ1v) is 14.2. The van der Waals surface area contributed by atoms with Gasteiger partial charge < -0.3 is 15.1 Å². The molecule has 2 amide bonds. The van der Waals surface area contributed by atoms with Crippen molar-refractivity contribution < 1.29 is 9.59 Å². The van der Waals surface area contributed by atoms with Crippen molar-refractivity contribution in [1.82, 2.24) is 15.2 Å². The molecule has 2 fully saturated rings. The predicted octanol–water partition coefficient (Wildman–Crippen LogP) is 5.68. The molecule has 1 N–H and O–H groups in total. The van der Waals surface area contributed by atoms with Crippen LogP contribution < -0.4 is 10.2 Å². The number of carbonyl (C=O) groups is 2. The van der Waals surface area contributed by atoms with Crippen molar-refractivity contribution in [3.8, 4) is 0 Å². The molecule has 2 aliphatic heterocycles. The summed E-state index contributed by atoms with van der Waals surface area (Å²) in [5.41, 5.74) is 5.29. The SMILES string of the molecule is O=C(C=Cc1ccccc1Cl)NC1CCc2ccc(C(=O)N3CCC4(CC3)CCN(c3ccncc3)C4)cc21. The number of aromatic nitrogens is 1. The number of carbonyl (C=O) groups excluding carboxylic acids is 2. The number of aryl methyl sites for hydroxylation is 1. The second kappa shape index (κ2) is 10.9. The molecule has 3 aromatic rings. The number of benzene rings is 2. The zero-order valence-corrected chi connectivity index (χ0v) is 22.7. The van der Waals surface area contributed by atoms with Crippen LogP contribution in [0.4, 0.5) is 5.69 Å². The second-order valence-electron chi connectivity index (χ2n) is 11.0. The molecule has 39 heavy (non-hydrogen) atoms. The van der Waals surface area contributed by atoms with Crippen molar-refractivity contribution in [3.05, 3.63) is 100 Å². The Morgan fingerprint density at radius 1 is 1.00 bits per heavy atom. The molecule has 0 saturated carbocycles. The van der Waals surface area contributed by atoms with Crippen molar-refractivity contribution in [2.75, 3.05) is 31.1 Å². The van der Waals surface area contributed by atoms with Gasteiger partial charge in [-0.25, -0.2) is 0 Å². The molecule has 0 bridgehead atoms. The monoisotopic (exact) mass is 540 g/mol. The minimum absolute atomic E-state index is 0.0900. The summed E-state index contributed by atoms with van der Waals surface area (Å²) in [5, 5.41) is 3.73. The minimum atomic E-state index is -0.164. The number of nitrogens with one attached hydrogen (secondary N) is 1. The van der Waals surface area contributed by atoms with Crippen LogP contribution in [0, 0.1) is 5.41 Å². The van der Waals surface area contributed by atoms with Crippen LogP contribution in [-0.4, -0.2) is 47.9 Å². The van der Waals surface area contributed by atoms with E-state index in [4.69, 9.17) is 11.6 Å². The molecule has 2 saturated heterocycles. The molecule has 200 valence electrons. The van der Waals surface area contributed by atoms with E-state index in [0.29, 0.717) is 10.6 Å². The number of hydrogen-bond acceptors (Lipinski definition) is 4. The highest BCUT2D eigenvalue weighted by molar-refractivity contribution is 6.32. The fourth-order valence-electron chi connectivity index (χ4n) is 6.37. The lowest BCUT2D eigenvalue weighted by Gasteiger charge is -2.39. The average molecular weight is 541 g/mol. The maximum atomic E-state index is 13.5. The Bertz CT molecular complexity index is 1400. The van der Waals surface area contributed by atoms with E-state index >= 15 is 0 Å². The number of hydrogen-bond donors (Lipinski definition) is 1. The number of rotatable bonds is 5. The molecule has 3 heterocycles.